The van der Waals surface area contributed by atoms with E-state index in [4.69, 9.17) is 4.74 Å². The Bertz CT molecular complexity index is 102. The molecule has 0 aromatic carbocycles. The molecule has 0 aliphatic heterocycles. The fourth-order valence-corrected chi connectivity index (χ4v) is 1.11. The van der Waals surface area contributed by atoms with Crippen molar-refractivity contribution in [2.75, 3.05) is 13.2 Å². The first kappa shape index (κ1) is 11.9. The zero-order valence-corrected chi connectivity index (χ0v) is 9.05. The summed E-state index contributed by atoms with van der Waals surface area (Å²) in [5.74, 6) is 0.638. The van der Waals surface area contributed by atoms with Crippen molar-refractivity contribution >= 4 is 0 Å². The van der Waals surface area contributed by atoms with Gasteiger partial charge < -0.3 is 10.1 Å². The molecule has 0 radical (unpaired) electrons. The van der Waals surface area contributed by atoms with E-state index in [0.29, 0.717) is 18.0 Å². The summed E-state index contributed by atoms with van der Waals surface area (Å²) in [7, 11) is 0. The van der Waals surface area contributed by atoms with Crippen LogP contribution in [0.3, 0.4) is 0 Å². The minimum absolute atomic E-state index is 0.491. The van der Waals surface area contributed by atoms with Gasteiger partial charge in [-0.2, -0.15) is 0 Å². The van der Waals surface area contributed by atoms with Crippen molar-refractivity contribution in [1.29, 1.82) is 0 Å². The van der Waals surface area contributed by atoms with Crippen molar-refractivity contribution in [3.8, 4) is 0 Å². The van der Waals surface area contributed by atoms with Gasteiger partial charge in [-0.15, -0.1) is 0 Å². The van der Waals surface area contributed by atoms with E-state index in [1.54, 1.807) is 0 Å². The molecule has 0 saturated heterocycles. The third kappa shape index (κ3) is 5.56. The number of nitrogens with one attached hydrogen (secondary N) is 1. The molecule has 0 heterocycles. The average molecular weight is 173 g/mol. The van der Waals surface area contributed by atoms with Crippen LogP contribution >= 0.6 is 0 Å². The lowest BCUT2D eigenvalue weighted by Crippen LogP contribution is -2.41. The second-order valence-corrected chi connectivity index (χ2v) is 3.83. The highest BCUT2D eigenvalue weighted by Gasteiger charge is 2.13. The van der Waals surface area contributed by atoms with Crippen LogP contribution in [0.1, 0.15) is 34.6 Å². The Labute approximate surface area is 76.7 Å². The van der Waals surface area contributed by atoms with Gasteiger partial charge in [0.2, 0.25) is 0 Å². The quantitative estimate of drug-likeness (QED) is 0.663. The fourth-order valence-electron chi connectivity index (χ4n) is 1.11. The lowest BCUT2D eigenvalue weighted by atomic mass is 10.0. The molecule has 2 nitrogen and oxygen atoms in total. The minimum Gasteiger partial charge on any atom is -0.380 e. The van der Waals surface area contributed by atoms with Crippen LogP contribution in [0.5, 0.6) is 0 Å². The largest absolute Gasteiger partial charge is 0.380 e. The second kappa shape index (κ2) is 6.44. The zero-order chi connectivity index (χ0) is 9.56. The van der Waals surface area contributed by atoms with E-state index >= 15 is 0 Å². The molecule has 1 atom stereocenters. The van der Waals surface area contributed by atoms with E-state index in [0.717, 1.165) is 13.2 Å². The molecular formula is C10H23NO. The van der Waals surface area contributed by atoms with Gasteiger partial charge in [0, 0.05) is 18.7 Å². The summed E-state index contributed by atoms with van der Waals surface area (Å²) in [6.45, 7) is 12.4. The maximum Gasteiger partial charge on any atom is 0.0622 e. The van der Waals surface area contributed by atoms with E-state index in [1.807, 2.05) is 6.92 Å². The van der Waals surface area contributed by atoms with Gasteiger partial charge >= 0.3 is 0 Å². The van der Waals surface area contributed by atoms with Gasteiger partial charge in [0.25, 0.3) is 0 Å². The SMILES string of the molecule is CCOC[C@@H](NC(C)C)C(C)C. The summed E-state index contributed by atoms with van der Waals surface area (Å²) < 4.78 is 5.40. The van der Waals surface area contributed by atoms with Crippen LogP contribution < -0.4 is 5.32 Å². The smallest absolute Gasteiger partial charge is 0.0622 e. The highest BCUT2D eigenvalue weighted by molar-refractivity contribution is 4.71. The average Bonchev–Trinajstić information content (AvgIpc) is 1.96. The van der Waals surface area contributed by atoms with Gasteiger partial charge in [0.1, 0.15) is 0 Å². The Kier molecular flexibility index (Phi) is 6.39. The van der Waals surface area contributed by atoms with Gasteiger partial charge in [0.05, 0.1) is 6.61 Å². The van der Waals surface area contributed by atoms with Gasteiger partial charge in [-0.05, 0) is 12.8 Å². The van der Waals surface area contributed by atoms with Gasteiger partial charge in [-0.3, -0.25) is 0 Å². The number of hydrogen-bond acceptors (Lipinski definition) is 2. The van der Waals surface area contributed by atoms with Crippen molar-refractivity contribution < 1.29 is 4.74 Å². The molecule has 0 aromatic heterocycles. The molecule has 0 amide bonds. The van der Waals surface area contributed by atoms with Gasteiger partial charge in [0.15, 0.2) is 0 Å². The Morgan fingerprint density at radius 1 is 1.17 bits per heavy atom. The molecule has 0 aliphatic carbocycles. The maximum atomic E-state index is 5.40. The van der Waals surface area contributed by atoms with E-state index in [9.17, 15) is 0 Å². The third-order valence-corrected chi connectivity index (χ3v) is 1.85. The molecule has 0 aliphatic rings. The normalized spacial score (nSPS) is 14.2. The number of rotatable bonds is 6. The summed E-state index contributed by atoms with van der Waals surface area (Å²) in [5.41, 5.74) is 0. The van der Waals surface area contributed by atoms with E-state index < -0.39 is 0 Å². The summed E-state index contributed by atoms with van der Waals surface area (Å²) >= 11 is 0. The first-order valence-electron chi connectivity index (χ1n) is 4.91. The first-order chi connectivity index (χ1) is 5.57. The maximum absolute atomic E-state index is 5.40. The topological polar surface area (TPSA) is 21.3 Å². The Balaban J connectivity index is 3.70. The summed E-state index contributed by atoms with van der Waals surface area (Å²) in [6, 6.07) is 1.03. The monoisotopic (exact) mass is 173 g/mol. The molecule has 0 spiro atoms. The van der Waals surface area contributed by atoms with Crippen LogP contribution in [0.15, 0.2) is 0 Å². The molecule has 0 aromatic rings. The van der Waals surface area contributed by atoms with E-state index in [2.05, 4.69) is 33.0 Å². The highest BCUT2D eigenvalue weighted by Crippen LogP contribution is 2.03. The van der Waals surface area contributed by atoms with Crippen LogP contribution in [0, 0.1) is 5.92 Å². The minimum atomic E-state index is 0.491. The molecule has 0 rings (SSSR count). The van der Waals surface area contributed by atoms with Gasteiger partial charge in [-0.1, -0.05) is 27.7 Å². The Hall–Kier alpha value is -0.0800. The lowest BCUT2D eigenvalue weighted by molar-refractivity contribution is 0.105. The first-order valence-corrected chi connectivity index (χ1v) is 4.91. The van der Waals surface area contributed by atoms with Crippen molar-refractivity contribution in [2.24, 2.45) is 5.92 Å². The van der Waals surface area contributed by atoms with Crippen LogP contribution in [0.2, 0.25) is 0 Å². The predicted octanol–water partition coefficient (Wildman–Crippen LogP) is 2.05. The van der Waals surface area contributed by atoms with Crippen LogP contribution in [-0.4, -0.2) is 25.3 Å². The van der Waals surface area contributed by atoms with E-state index in [-0.39, 0.29) is 0 Å². The van der Waals surface area contributed by atoms with Crippen LogP contribution in [0.4, 0.5) is 0 Å². The fraction of sp³-hybridized carbons (Fsp3) is 1.00. The van der Waals surface area contributed by atoms with E-state index in [1.165, 1.54) is 0 Å². The standard InChI is InChI=1S/C10H23NO/c1-6-12-7-10(8(2)3)11-9(4)5/h8-11H,6-7H2,1-5H3/t10-/m1/s1. The highest BCUT2D eigenvalue weighted by atomic mass is 16.5. The summed E-state index contributed by atoms with van der Waals surface area (Å²) in [4.78, 5) is 0. The third-order valence-electron chi connectivity index (χ3n) is 1.85. The van der Waals surface area contributed by atoms with Crippen LogP contribution in [0.25, 0.3) is 0 Å². The number of ether oxygens (including phenoxy) is 1. The molecule has 12 heavy (non-hydrogen) atoms. The molecular weight excluding hydrogens is 150 g/mol. The van der Waals surface area contributed by atoms with Crippen molar-refractivity contribution in [2.45, 2.75) is 46.7 Å². The second-order valence-electron chi connectivity index (χ2n) is 3.83. The predicted molar refractivity (Wildman–Crippen MR) is 53.4 cm³/mol. The molecule has 74 valence electrons. The molecule has 0 saturated carbocycles. The van der Waals surface area contributed by atoms with Gasteiger partial charge in [-0.25, -0.2) is 0 Å². The van der Waals surface area contributed by atoms with Crippen LogP contribution in [-0.2, 0) is 4.74 Å². The van der Waals surface area contributed by atoms with Crippen molar-refractivity contribution in [1.82, 2.24) is 5.32 Å². The van der Waals surface area contributed by atoms with Crippen molar-refractivity contribution in [3.05, 3.63) is 0 Å². The molecule has 2 heteroatoms. The molecule has 0 unspecified atom stereocenters. The molecule has 1 N–H and O–H groups in total. The Morgan fingerprint density at radius 3 is 2.08 bits per heavy atom. The summed E-state index contributed by atoms with van der Waals surface area (Å²) in [6.07, 6.45) is 0. The zero-order valence-electron chi connectivity index (χ0n) is 9.05. The number of hydrogen-bond donors (Lipinski definition) is 1. The van der Waals surface area contributed by atoms with Crippen molar-refractivity contribution in [3.63, 3.8) is 0 Å². The lowest BCUT2D eigenvalue weighted by Gasteiger charge is -2.24. The molecule has 0 bridgehead atoms. The Morgan fingerprint density at radius 2 is 1.75 bits per heavy atom. The summed E-state index contributed by atoms with van der Waals surface area (Å²) in [5, 5.41) is 3.49. The molecule has 0 fully saturated rings.